The van der Waals surface area contributed by atoms with E-state index in [0.717, 1.165) is 22.0 Å². The van der Waals surface area contributed by atoms with E-state index in [9.17, 15) is 9.59 Å². The van der Waals surface area contributed by atoms with Gasteiger partial charge in [-0.25, -0.2) is 0 Å². The van der Waals surface area contributed by atoms with Crippen molar-refractivity contribution in [3.8, 4) is 0 Å². The molecule has 1 unspecified atom stereocenters. The summed E-state index contributed by atoms with van der Waals surface area (Å²) in [6, 6.07) is 20.5. The van der Waals surface area contributed by atoms with Gasteiger partial charge < -0.3 is 15.0 Å². The average Bonchev–Trinajstić information content (AvgIpc) is 2.80. The third-order valence-electron chi connectivity index (χ3n) is 5.29. The van der Waals surface area contributed by atoms with Gasteiger partial charge in [0.05, 0.1) is 18.8 Å². The number of nitrogens with zero attached hydrogens (tertiary/aromatic N) is 2. The second-order valence-corrected chi connectivity index (χ2v) is 8.10. The lowest BCUT2D eigenvalue weighted by Crippen LogP contribution is -2.42. The Balaban J connectivity index is 1.45. The lowest BCUT2D eigenvalue weighted by Gasteiger charge is -2.33. The molecule has 0 saturated carbocycles. The standard InChI is InChI=1S/C25H24ClN3O3/c1-17(30)27-20-11-9-18(10-12-20)25(31)29-13-14-32-24(16-29)23-8-4-6-21(28-23)15-19-5-2-3-7-22(19)26/h2-12,24H,13-16H2,1H3,(H,27,30). The van der Waals surface area contributed by atoms with Gasteiger partial charge in [-0.3, -0.25) is 14.6 Å². The molecule has 1 atom stereocenters. The molecule has 1 fully saturated rings. The van der Waals surface area contributed by atoms with Crippen LogP contribution in [0.5, 0.6) is 0 Å². The van der Waals surface area contributed by atoms with Crippen LogP contribution >= 0.6 is 11.6 Å². The predicted octanol–water partition coefficient (Wildman–Crippen LogP) is 4.50. The highest BCUT2D eigenvalue weighted by Gasteiger charge is 2.27. The van der Waals surface area contributed by atoms with Gasteiger partial charge >= 0.3 is 0 Å². The van der Waals surface area contributed by atoms with Gasteiger partial charge in [0, 0.05) is 41.9 Å². The molecule has 6 nitrogen and oxygen atoms in total. The average molecular weight is 450 g/mol. The number of aromatic nitrogens is 1. The van der Waals surface area contributed by atoms with E-state index >= 15 is 0 Å². The van der Waals surface area contributed by atoms with Crippen molar-refractivity contribution in [2.24, 2.45) is 0 Å². The first-order valence-corrected chi connectivity index (χ1v) is 10.8. The fourth-order valence-corrected chi connectivity index (χ4v) is 3.91. The molecule has 4 rings (SSSR count). The third kappa shape index (κ3) is 5.33. The molecular weight excluding hydrogens is 426 g/mol. The Bertz CT molecular complexity index is 1120. The number of benzene rings is 2. The SMILES string of the molecule is CC(=O)Nc1ccc(C(=O)N2CCOC(c3cccc(Cc4ccccc4Cl)n3)C2)cc1. The number of carbonyl (C=O) groups excluding carboxylic acids is 2. The van der Waals surface area contributed by atoms with Crippen LogP contribution in [-0.4, -0.2) is 41.4 Å². The molecule has 0 aliphatic carbocycles. The van der Waals surface area contributed by atoms with Crippen molar-refractivity contribution in [1.29, 1.82) is 0 Å². The molecule has 164 valence electrons. The zero-order chi connectivity index (χ0) is 22.5. The summed E-state index contributed by atoms with van der Waals surface area (Å²) in [4.78, 5) is 30.7. The summed E-state index contributed by atoms with van der Waals surface area (Å²) in [5, 5.41) is 3.42. The van der Waals surface area contributed by atoms with Crippen molar-refractivity contribution >= 4 is 29.1 Å². The van der Waals surface area contributed by atoms with E-state index in [1.54, 1.807) is 29.2 Å². The largest absolute Gasteiger partial charge is 0.368 e. The molecule has 0 bridgehead atoms. The third-order valence-corrected chi connectivity index (χ3v) is 5.66. The van der Waals surface area contributed by atoms with E-state index in [2.05, 4.69) is 5.32 Å². The van der Waals surface area contributed by atoms with Gasteiger partial charge in [-0.05, 0) is 48.0 Å². The number of halogens is 1. The molecule has 1 saturated heterocycles. The van der Waals surface area contributed by atoms with Gasteiger partial charge in [0.1, 0.15) is 6.10 Å². The van der Waals surface area contributed by atoms with Crippen molar-refractivity contribution in [2.75, 3.05) is 25.0 Å². The number of ether oxygens (including phenoxy) is 1. The van der Waals surface area contributed by atoms with Crippen molar-refractivity contribution in [1.82, 2.24) is 9.88 Å². The van der Waals surface area contributed by atoms with E-state index in [1.165, 1.54) is 6.92 Å². The van der Waals surface area contributed by atoms with Gasteiger partial charge in [-0.1, -0.05) is 35.9 Å². The summed E-state index contributed by atoms with van der Waals surface area (Å²) in [6.45, 7) is 2.83. The summed E-state index contributed by atoms with van der Waals surface area (Å²) < 4.78 is 5.94. The summed E-state index contributed by atoms with van der Waals surface area (Å²) in [5.74, 6) is -0.218. The van der Waals surface area contributed by atoms with Crippen LogP contribution in [0.1, 0.15) is 40.3 Å². The first-order chi connectivity index (χ1) is 15.5. The number of rotatable bonds is 5. The van der Waals surface area contributed by atoms with E-state index in [-0.39, 0.29) is 17.9 Å². The molecule has 1 aliphatic heterocycles. The Morgan fingerprint density at radius 3 is 2.62 bits per heavy atom. The molecule has 32 heavy (non-hydrogen) atoms. The van der Waals surface area contributed by atoms with Gasteiger partial charge in [-0.2, -0.15) is 0 Å². The number of anilines is 1. The number of nitrogens with one attached hydrogen (secondary N) is 1. The maximum atomic E-state index is 13.0. The van der Waals surface area contributed by atoms with Crippen LogP contribution in [0.4, 0.5) is 5.69 Å². The lowest BCUT2D eigenvalue weighted by atomic mass is 10.1. The van der Waals surface area contributed by atoms with Crippen molar-refractivity contribution < 1.29 is 14.3 Å². The molecule has 2 amide bonds. The number of amides is 2. The Morgan fingerprint density at radius 2 is 1.88 bits per heavy atom. The van der Waals surface area contributed by atoms with Crippen LogP contribution < -0.4 is 5.32 Å². The molecular formula is C25H24ClN3O3. The highest BCUT2D eigenvalue weighted by atomic mass is 35.5. The molecule has 7 heteroatoms. The second kappa shape index (κ2) is 9.94. The minimum Gasteiger partial charge on any atom is -0.368 e. The van der Waals surface area contributed by atoms with E-state index in [1.807, 2.05) is 42.5 Å². The van der Waals surface area contributed by atoms with E-state index in [0.29, 0.717) is 37.4 Å². The Morgan fingerprint density at radius 1 is 1.09 bits per heavy atom. The normalized spacial score (nSPS) is 15.9. The zero-order valence-corrected chi connectivity index (χ0v) is 18.5. The van der Waals surface area contributed by atoms with Gasteiger partial charge in [0.2, 0.25) is 5.91 Å². The molecule has 1 aliphatic rings. The minimum atomic E-state index is -0.294. The number of hydrogen-bond donors (Lipinski definition) is 1. The van der Waals surface area contributed by atoms with Crippen LogP contribution in [0.15, 0.2) is 66.7 Å². The molecule has 1 aromatic heterocycles. The maximum absolute atomic E-state index is 13.0. The second-order valence-electron chi connectivity index (χ2n) is 7.69. The highest BCUT2D eigenvalue weighted by molar-refractivity contribution is 6.31. The smallest absolute Gasteiger partial charge is 0.254 e. The van der Waals surface area contributed by atoms with Crippen LogP contribution in [-0.2, 0) is 16.0 Å². The molecule has 2 heterocycles. The molecule has 2 aromatic carbocycles. The first kappa shape index (κ1) is 22.0. The van der Waals surface area contributed by atoms with Gasteiger partial charge in [-0.15, -0.1) is 0 Å². The quantitative estimate of drug-likeness (QED) is 0.622. The van der Waals surface area contributed by atoms with Crippen LogP contribution in [0.2, 0.25) is 5.02 Å². The van der Waals surface area contributed by atoms with E-state index < -0.39 is 0 Å². The Kier molecular flexibility index (Phi) is 6.83. The minimum absolute atomic E-state index is 0.0695. The predicted molar refractivity (Wildman–Crippen MR) is 124 cm³/mol. The van der Waals surface area contributed by atoms with Crippen molar-refractivity contribution in [2.45, 2.75) is 19.4 Å². The fraction of sp³-hybridized carbons (Fsp3) is 0.240. The maximum Gasteiger partial charge on any atom is 0.254 e. The molecule has 3 aromatic rings. The van der Waals surface area contributed by atoms with Gasteiger partial charge in [0.25, 0.3) is 5.91 Å². The number of morpholine rings is 1. The number of carbonyl (C=O) groups is 2. The Labute approximate surface area is 192 Å². The first-order valence-electron chi connectivity index (χ1n) is 10.5. The van der Waals surface area contributed by atoms with Crippen LogP contribution in [0, 0.1) is 0 Å². The highest BCUT2D eigenvalue weighted by Crippen LogP contribution is 2.24. The molecule has 0 spiro atoms. The summed E-state index contributed by atoms with van der Waals surface area (Å²) >= 11 is 6.29. The lowest BCUT2D eigenvalue weighted by molar-refractivity contribution is -0.114. The summed E-state index contributed by atoms with van der Waals surface area (Å²) in [6.07, 6.45) is 0.335. The summed E-state index contributed by atoms with van der Waals surface area (Å²) in [5.41, 5.74) is 3.95. The summed E-state index contributed by atoms with van der Waals surface area (Å²) in [7, 11) is 0. The zero-order valence-electron chi connectivity index (χ0n) is 17.8. The van der Waals surface area contributed by atoms with Crippen molar-refractivity contribution in [3.05, 3.63) is 94.3 Å². The van der Waals surface area contributed by atoms with Gasteiger partial charge in [0.15, 0.2) is 0 Å². The number of hydrogen-bond acceptors (Lipinski definition) is 4. The number of pyridine rings is 1. The molecule has 1 N–H and O–H groups in total. The molecule has 0 radical (unpaired) electrons. The van der Waals surface area contributed by atoms with Crippen LogP contribution in [0.25, 0.3) is 0 Å². The fourth-order valence-electron chi connectivity index (χ4n) is 3.71. The topological polar surface area (TPSA) is 71.5 Å². The van der Waals surface area contributed by atoms with Crippen molar-refractivity contribution in [3.63, 3.8) is 0 Å². The van der Waals surface area contributed by atoms with Crippen LogP contribution in [0.3, 0.4) is 0 Å². The monoisotopic (exact) mass is 449 g/mol. The van der Waals surface area contributed by atoms with E-state index in [4.69, 9.17) is 21.3 Å². The Hall–Kier alpha value is -3.22.